The van der Waals surface area contributed by atoms with Crippen LogP contribution in [0.2, 0.25) is 0 Å². The van der Waals surface area contributed by atoms with Gasteiger partial charge in [0.1, 0.15) is 18.1 Å². The summed E-state index contributed by atoms with van der Waals surface area (Å²) in [5.74, 6) is -5.21. The van der Waals surface area contributed by atoms with Crippen LogP contribution < -0.4 is 5.32 Å². The molecule has 1 heterocycles. The molecule has 0 aliphatic carbocycles. The van der Waals surface area contributed by atoms with E-state index in [1.165, 1.54) is 6.92 Å². The molecule has 1 N–H and O–H groups in total. The molecule has 0 aromatic heterocycles. The lowest BCUT2D eigenvalue weighted by molar-refractivity contribution is -0.151. The first-order chi connectivity index (χ1) is 9.90. The van der Waals surface area contributed by atoms with E-state index in [2.05, 4.69) is 5.32 Å². The Hall–Kier alpha value is -2.05. The number of esters is 1. The fourth-order valence-corrected chi connectivity index (χ4v) is 2.08. The SMILES string of the molecule is CCOC(=O)C1C(=O)NCC1/C(C)=C/C(F)=C\C(F)=C\F. The number of carbonyl (C=O) groups excluding carboxylic acids is 2. The molecule has 2 atom stereocenters. The summed E-state index contributed by atoms with van der Waals surface area (Å²) in [6, 6.07) is 0. The summed E-state index contributed by atoms with van der Waals surface area (Å²) in [6.07, 6.45) is 0.956. The van der Waals surface area contributed by atoms with E-state index in [-0.39, 0.29) is 19.5 Å². The van der Waals surface area contributed by atoms with Gasteiger partial charge in [0.2, 0.25) is 5.91 Å². The zero-order valence-corrected chi connectivity index (χ0v) is 11.7. The molecule has 1 rings (SSSR count). The van der Waals surface area contributed by atoms with Crippen molar-refractivity contribution in [3.05, 3.63) is 35.7 Å². The molecule has 0 aromatic carbocycles. The number of allylic oxidation sites excluding steroid dienone is 4. The number of halogens is 3. The van der Waals surface area contributed by atoms with Gasteiger partial charge in [0.05, 0.1) is 6.61 Å². The Balaban J connectivity index is 2.94. The van der Waals surface area contributed by atoms with Gasteiger partial charge in [0.15, 0.2) is 5.83 Å². The van der Waals surface area contributed by atoms with Gasteiger partial charge in [-0.15, -0.1) is 0 Å². The molecule has 1 aliphatic rings. The van der Waals surface area contributed by atoms with Crippen LogP contribution in [0.3, 0.4) is 0 Å². The summed E-state index contributed by atoms with van der Waals surface area (Å²) >= 11 is 0. The van der Waals surface area contributed by atoms with Crippen molar-refractivity contribution in [2.24, 2.45) is 11.8 Å². The van der Waals surface area contributed by atoms with Gasteiger partial charge in [-0.2, -0.15) is 0 Å². The molecule has 2 unspecified atom stereocenters. The number of ether oxygens (including phenoxy) is 1. The van der Waals surface area contributed by atoms with Gasteiger partial charge < -0.3 is 10.1 Å². The monoisotopic (exact) mass is 303 g/mol. The third-order valence-corrected chi connectivity index (χ3v) is 3.05. The Morgan fingerprint density at radius 2 is 2.05 bits per heavy atom. The lowest BCUT2D eigenvalue weighted by atomic mass is 9.88. The second-order valence-electron chi connectivity index (χ2n) is 4.49. The molecule has 1 fully saturated rings. The highest BCUT2D eigenvalue weighted by molar-refractivity contribution is 6.00. The smallest absolute Gasteiger partial charge is 0.319 e. The van der Waals surface area contributed by atoms with E-state index < -0.39 is 35.4 Å². The van der Waals surface area contributed by atoms with Gasteiger partial charge >= 0.3 is 5.97 Å². The predicted octanol–water partition coefficient (Wildman–Crippen LogP) is 2.49. The molecular formula is C14H16F3NO3. The number of rotatable bonds is 5. The molecule has 0 aromatic rings. The summed E-state index contributed by atoms with van der Waals surface area (Å²) in [7, 11) is 0. The number of hydrogen-bond acceptors (Lipinski definition) is 3. The number of amides is 1. The lowest BCUT2D eigenvalue weighted by Gasteiger charge is -2.16. The first-order valence-electron chi connectivity index (χ1n) is 6.36. The maximum absolute atomic E-state index is 13.4. The molecule has 0 bridgehead atoms. The van der Waals surface area contributed by atoms with Gasteiger partial charge in [-0.3, -0.25) is 9.59 Å². The van der Waals surface area contributed by atoms with Crippen LogP contribution in [-0.4, -0.2) is 25.0 Å². The number of hydrogen-bond donors (Lipinski definition) is 1. The zero-order valence-electron chi connectivity index (χ0n) is 11.7. The van der Waals surface area contributed by atoms with E-state index in [1.54, 1.807) is 6.92 Å². The highest BCUT2D eigenvalue weighted by atomic mass is 19.2. The Labute approximate surface area is 120 Å². The Morgan fingerprint density at radius 1 is 1.38 bits per heavy atom. The minimum Gasteiger partial charge on any atom is -0.465 e. The Morgan fingerprint density at radius 3 is 2.62 bits per heavy atom. The van der Waals surface area contributed by atoms with Gasteiger partial charge in [0.25, 0.3) is 0 Å². The molecular weight excluding hydrogens is 287 g/mol. The van der Waals surface area contributed by atoms with E-state index in [4.69, 9.17) is 4.74 Å². The quantitative estimate of drug-likeness (QED) is 0.482. The lowest BCUT2D eigenvalue weighted by Crippen LogP contribution is -2.30. The summed E-state index contributed by atoms with van der Waals surface area (Å²) in [5.41, 5.74) is 0.354. The molecule has 7 heteroatoms. The van der Waals surface area contributed by atoms with Crippen LogP contribution in [0, 0.1) is 11.8 Å². The topological polar surface area (TPSA) is 55.4 Å². The van der Waals surface area contributed by atoms with Crippen molar-refractivity contribution < 1.29 is 27.5 Å². The first-order valence-corrected chi connectivity index (χ1v) is 6.36. The average Bonchev–Trinajstić information content (AvgIpc) is 2.80. The molecule has 0 spiro atoms. The Kier molecular flexibility index (Phi) is 6.20. The largest absolute Gasteiger partial charge is 0.465 e. The fraction of sp³-hybridized carbons (Fsp3) is 0.429. The van der Waals surface area contributed by atoms with Gasteiger partial charge in [-0.25, -0.2) is 13.2 Å². The summed E-state index contributed by atoms with van der Waals surface area (Å²) in [6.45, 7) is 3.39. The average molecular weight is 303 g/mol. The normalized spacial score (nSPS) is 24.0. The third kappa shape index (κ3) is 4.47. The molecule has 21 heavy (non-hydrogen) atoms. The molecule has 1 saturated heterocycles. The van der Waals surface area contributed by atoms with Crippen molar-refractivity contribution in [3.63, 3.8) is 0 Å². The summed E-state index contributed by atoms with van der Waals surface area (Å²) in [5, 5.41) is 2.50. The molecule has 0 radical (unpaired) electrons. The molecule has 4 nitrogen and oxygen atoms in total. The Bertz CT molecular complexity index is 512. The molecule has 0 saturated carbocycles. The molecule has 1 aliphatic heterocycles. The zero-order chi connectivity index (χ0) is 16.0. The van der Waals surface area contributed by atoms with Crippen molar-refractivity contribution in [1.29, 1.82) is 0 Å². The third-order valence-electron chi connectivity index (χ3n) is 3.05. The van der Waals surface area contributed by atoms with Crippen molar-refractivity contribution in [2.45, 2.75) is 13.8 Å². The van der Waals surface area contributed by atoms with E-state index in [9.17, 15) is 22.8 Å². The van der Waals surface area contributed by atoms with Crippen LogP contribution in [0.5, 0.6) is 0 Å². The van der Waals surface area contributed by atoms with Crippen LogP contribution in [-0.2, 0) is 14.3 Å². The number of carbonyl (C=O) groups is 2. The molecule has 1 amide bonds. The first kappa shape index (κ1) is 17.0. The van der Waals surface area contributed by atoms with Gasteiger partial charge in [-0.1, -0.05) is 5.57 Å². The summed E-state index contributed by atoms with van der Waals surface area (Å²) < 4.78 is 42.6. The standard InChI is InChI=1S/C14H16F3NO3/c1-3-21-14(20)12-11(7-18-13(12)19)8(2)4-9(16)5-10(17)6-15/h4-6,11-12H,3,7H2,1-2H3,(H,18,19)/b8-4+,9-5+,10-6-. The van der Waals surface area contributed by atoms with Crippen molar-refractivity contribution >= 4 is 11.9 Å². The van der Waals surface area contributed by atoms with Crippen molar-refractivity contribution in [2.75, 3.05) is 13.2 Å². The summed E-state index contributed by atoms with van der Waals surface area (Å²) in [4.78, 5) is 23.4. The highest BCUT2D eigenvalue weighted by Crippen LogP contribution is 2.28. The van der Waals surface area contributed by atoms with E-state index in [0.29, 0.717) is 11.6 Å². The van der Waals surface area contributed by atoms with Crippen LogP contribution in [0.1, 0.15) is 13.8 Å². The van der Waals surface area contributed by atoms with E-state index in [1.807, 2.05) is 0 Å². The second-order valence-corrected chi connectivity index (χ2v) is 4.49. The van der Waals surface area contributed by atoms with Crippen molar-refractivity contribution in [3.8, 4) is 0 Å². The van der Waals surface area contributed by atoms with Crippen LogP contribution in [0.4, 0.5) is 13.2 Å². The highest BCUT2D eigenvalue weighted by Gasteiger charge is 2.42. The maximum atomic E-state index is 13.4. The van der Waals surface area contributed by atoms with E-state index in [0.717, 1.165) is 6.08 Å². The minimum atomic E-state index is -1.36. The molecule has 116 valence electrons. The van der Waals surface area contributed by atoms with Crippen LogP contribution in [0.15, 0.2) is 35.7 Å². The van der Waals surface area contributed by atoms with Crippen LogP contribution >= 0.6 is 0 Å². The van der Waals surface area contributed by atoms with Gasteiger partial charge in [-0.05, 0) is 19.9 Å². The minimum absolute atomic E-state index is 0.124. The number of nitrogens with one attached hydrogen (secondary N) is 1. The van der Waals surface area contributed by atoms with Gasteiger partial charge in [0, 0.05) is 18.5 Å². The van der Waals surface area contributed by atoms with E-state index >= 15 is 0 Å². The van der Waals surface area contributed by atoms with Crippen LogP contribution in [0.25, 0.3) is 0 Å². The second kappa shape index (κ2) is 7.66. The van der Waals surface area contributed by atoms with Crippen molar-refractivity contribution in [1.82, 2.24) is 5.32 Å². The predicted molar refractivity (Wildman–Crippen MR) is 69.9 cm³/mol. The maximum Gasteiger partial charge on any atom is 0.319 e. The fourth-order valence-electron chi connectivity index (χ4n) is 2.08.